The summed E-state index contributed by atoms with van der Waals surface area (Å²) in [6, 6.07) is 4.09. The lowest BCUT2D eigenvalue weighted by molar-refractivity contribution is -0.130. The maximum absolute atomic E-state index is 12.8. The van der Waals surface area contributed by atoms with Gasteiger partial charge in [0.15, 0.2) is 5.78 Å². The Bertz CT molecular complexity index is 463. The van der Waals surface area contributed by atoms with Gasteiger partial charge in [0.2, 0.25) is 0 Å². The van der Waals surface area contributed by atoms with Gasteiger partial charge >= 0.3 is 0 Å². The highest BCUT2D eigenvalue weighted by Gasteiger charge is 2.37. The predicted molar refractivity (Wildman–Crippen MR) is 86.4 cm³/mol. The van der Waals surface area contributed by atoms with Crippen LogP contribution in [0.15, 0.2) is 18.3 Å². The van der Waals surface area contributed by atoms with Crippen LogP contribution in [0.25, 0.3) is 0 Å². The molecule has 0 bridgehead atoms. The van der Waals surface area contributed by atoms with Crippen molar-refractivity contribution in [3.05, 3.63) is 29.6 Å². The molecule has 1 aromatic rings. The molecule has 1 aliphatic heterocycles. The van der Waals surface area contributed by atoms with E-state index in [1.54, 1.807) is 0 Å². The zero-order chi connectivity index (χ0) is 15.3. The number of likely N-dealkylation sites (tertiary alicyclic amines) is 1. The molecular formula is C18H28N2O. The van der Waals surface area contributed by atoms with Crippen LogP contribution in [0, 0.1) is 0 Å². The fourth-order valence-electron chi connectivity index (χ4n) is 3.11. The average Bonchev–Trinajstić information content (AvgIpc) is 2.55. The summed E-state index contributed by atoms with van der Waals surface area (Å²) >= 11 is 0. The first kappa shape index (κ1) is 16.2. The van der Waals surface area contributed by atoms with Crippen molar-refractivity contribution in [1.82, 2.24) is 9.88 Å². The van der Waals surface area contributed by atoms with E-state index in [9.17, 15) is 4.79 Å². The highest BCUT2D eigenvalue weighted by atomic mass is 16.1. The van der Waals surface area contributed by atoms with Crippen molar-refractivity contribution in [2.45, 2.75) is 64.8 Å². The monoisotopic (exact) mass is 288 g/mol. The molecule has 0 spiro atoms. The first-order chi connectivity index (χ1) is 10.1. The molecule has 0 radical (unpaired) electrons. The molecule has 2 heterocycles. The van der Waals surface area contributed by atoms with Gasteiger partial charge in [-0.2, -0.15) is 0 Å². The number of Topliss-reactive ketones (excluding diaryl/α,β-unsaturated/α-hetero) is 1. The summed E-state index contributed by atoms with van der Waals surface area (Å²) in [6.07, 6.45) is 7.93. The Morgan fingerprint density at radius 2 is 1.95 bits per heavy atom. The Balaban J connectivity index is 2.07. The third kappa shape index (κ3) is 3.70. The van der Waals surface area contributed by atoms with Crippen molar-refractivity contribution in [2.75, 3.05) is 13.1 Å². The normalized spacial score (nSPS) is 19.2. The number of piperidine rings is 1. The average molecular weight is 288 g/mol. The largest absolute Gasteiger partial charge is 0.297 e. The summed E-state index contributed by atoms with van der Waals surface area (Å²) in [6.45, 7) is 8.46. The van der Waals surface area contributed by atoms with Gasteiger partial charge in [-0.15, -0.1) is 0 Å². The third-order valence-electron chi connectivity index (χ3n) is 4.98. The molecule has 116 valence electrons. The molecule has 1 saturated heterocycles. The first-order valence-electron chi connectivity index (χ1n) is 8.32. The summed E-state index contributed by atoms with van der Waals surface area (Å²) in [5.41, 5.74) is 1.79. The Labute approximate surface area is 128 Å². The minimum absolute atomic E-state index is 0.309. The summed E-state index contributed by atoms with van der Waals surface area (Å²) in [5.74, 6) is 0.309. The smallest absolute Gasteiger partial charge is 0.158 e. The Morgan fingerprint density at radius 3 is 2.48 bits per heavy atom. The van der Waals surface area contributed by atoms with E-state index in [1.807, 2.05) is 12.3 Å². The first-order valence-corrected chi connectivity index (χ1v) is 8.32. The van der Waals surface area contributed by atoms with Gasteiger partial charge < -0.3 is 0 Å². The van der Waals surface area contributed by atoms with E-state index in [-0.39, 0.29) is 5.54 Å². The van der Waals surface area contributed by atoms with Crippen LogP contribution in [-0.4, -0.2) is 34.3 Å². The Morgan fingerprint density at radius 1 is 1.24 bits per heavy atom. The molecule has 1 aromatic heterocycles. The Hall–Kier alpha value is -1.22. The number of ketones is 1. The highest BCUT2D eigenvalue weighted by Crippen LogP contribution is 2.26. The van der Waals surface area contributed by atoms with E-state index in [0.717, 1.165) is 31.6 Å². The lowest BCUT2D eigenvalue weighted by Gasteiger charge is -2.41. The SMILES string of the molecule is CCc1ccc(CC(=O)C(C)(CC)N2CCCCC2)nc1. The summed E-state index contributed by atoms with van der Waals surface area (Å²) in [4.78, 5) is 19.7. The molecule has 0 N–H and O–H groups in total. The standard InChI is InChI=1S/C18H28N2O/c1-4-15-9-10-16(19-14-15)13-17(21)18(3,5-2)20-11-7-6-8-12-20/h9-10,14H,4-8,11-13H2,1-3H3. The second kappa shape index (κ2) is 7.17. The van der Waals surface area contributed by atoms with Crippen molar-refractivity contribution in [2.24, 2.45) is 0 Å². The van der Waals surface area contributed by atoms with Gasteiger partial charge in [0, 0.05) is 11.9 Å². The number of hydrogen-bond donors (Lipinski definition) is 0. The second-order valence-electron chi connectivity index (χ2n) is 6.29. The van der Waals surface area contributed by atoms with Crippen LogP contribution in [0.3, 0.4) is 0 Å². The molecule has 3 heteroatoms. The van der Waals surface area contributed by atoms with E-state index in [0.29, 0.717) is 12.2 Å². The zero-order valence-corrected chi connectivity index (χ0v) is 13.7. The van der Waals surface area contributed by atoms with Crippen LogP contribution in [0.4, 0.5) is 0 Å². The number of pyridine rings is 1. The zero-order valence-electron chi connectivity index (χ0n) is 13.7. The number of rotatable bonds is 6. The van der Waals surface area contributed by atoms with Crippen molar-refractivity contribution in [3.63, 3.8) is 0 Å². The van der Waals surface area contributed by atoms with Gasteiger partial charge in [-0.1, -0.05) is 26.3 Å². The molecule has 0 aromatic carbocycles. The van der Waals surface area contributed by atoms with Crippen LogP contribution < -0.4 is 0 Å². The maximum atomic E-state index is 12.8. The van der Waals surface area contributed by atoms with Crippen molar-refractivity contribution in [3.8, 4) is 0 Å². The number of hydrogen-bond acceptors (Lipinski definition) is 3. The number of aromatic nitrogens is 1. The van der Waals surface area contributed by atoms with Crippen molar-refractivity contribution < 1.29 is 4.79 Å². The van der Waals surface area contributed by atoms with Gasteiger partial charge in [-0.3, -0.25) is 14.7 Å². The van der Waals surface area contributed by atoms with E-state index in [4.69, 9.17) is 0 Å². The predicted octanol–water partition coefficient (Wildman–Crippen LogP) is 3.41. The van der Waals surface area contributed by atoms with Gasteiger partial charge in [0.25, 0.3) is 0 Å². The molecule has 0 aliphatic carbocycles. The summed E-state index contributed by atoms with van der Waals surface area (Å²) in [5, 5.41) is 0. The summed E-state index contributed by atoms with van der Waals surface area (Å²) < 4.78 is 0. The quantitative estimate of drug-likeness (QED) is 0.804. The second-order valence-corrected chi connectivity index (χ2v) is 6.29. The molecule has 2 rings (SSSR count). The van der Waals surface area contributed by atoms with Gasteiger partial charge in [-0.05, 0) is 57.3 Å². The van der Waals surface area contributed by atoms with E-state index >= 15 is 0 Å². The fraction of sp³-hybridized carbons (Fsp3) is 0.667. The lowest BCUT2D eigenvalue weighted by Crippen LogP contribution is -2.54. The topological polar surface area (TPSA) is 33.2 Å². The molecule has 3 nitrogen and oxygen atoms in total. The molecule has 1 fully saturated rings. The molecular weight excluding hydrogens is 260 g/mol. The number of nitrogens with zero attached hydrogens (tertiary/aromatic N) is 2. The van der Waals surface area contributed by atoms with Crippen LogP contribution in [-0.2, 0) is 17.6 Å². The number of carbonyl (C=O) groups excluding carboxylic acids is 1. The van der Waals surface area contributed by atoms with Crippen LogP contribution in [0.2, 0.25) is 0 Å². The number of carbonyl (C=O) groups is 1. The van der Waals surface area contributed by atoms with Crippen LogP contribution >= 0.6 is 0 Å². The molecule has 1 unspecified atom stereocenters. The molecule has 21 heavy (non-hydrogen) atoms. The van der Waals surface area contributed by atoms with Gasteiger partial charge in [0.1, 0.15) is 0 Å². The van der Waals surface area contributed by atoms with E-state index in [2.05, 4.69) is 36.7 Å². The van der Waals surface area contributed by atoms with Crippen molar-refractivity contribution in [1.29, 1.82) is 0 Å². The van der Waals surface area contributed by atoms with Gasteiger partial charge in [-0.25, -0.2) is 0 Å². The number of aryl methyl sites for hydroxylation is 1. The van der Waals surface area contributed by atoms with Crippen molar-refractivity contribution >= 4 is 5.78 Å². The fourth-order valence-corrected chi connectivity index (χ4v) is 3.11. The lowest BCUT2D eigenvalue weighted by atomic mass is 9.86. The van der Waals surface area contributed by atoms with Crippen LogP contribution in [0.1, 0.15) is 57.7 Å². The Kier molecular flexibility index (Phi) is 5.51. The van der Waals surface area contributed by atoms with Crippen LogP contribution in [0.5, 0.6) is 0 Å². The third-order valence-corrected chi connectivity index (χ3v) is 4.98. The van der Waals surface area contributed by atoms with E-state index < -0.39 is 0 Å². The van der Waals surface area contributed by atoms with Gasteiger partial charge in [0.05, 0.1) is 12.0 Å². The summed E-state index contributed by atoms with van der Waals surface area (Å²) in [7, 11) is 0. The highest BCUT2D eigenvalue weighted by molar-refractivity contribution is 5.89. The molecule has 1 atom stereocenters. The maximum Gasteiger partial charge on any atom is 0.158 e. The van der Waals surface area contributed by atoms with E-state index in [1.165, 1.54) is 24.8 Å². The minimum Gasteiger partial charge on any atom is -0.297 e. The molecule has 0 saturated carbocycles. The molecule has 0 amide bonds. The molecule has 1 aliphatic rings. The minimum atomic E-state index is -0.328.